The van der Waals surface area contributed by atoms with Crippen molar-refractivity contribution < 1.29 is 13.2 Å². The minimum absolute atomic E-state index is 0.0449. The van der Waals surface area contributed by atoms with E-state index in [2.05, 4.69) is 0 Å². The monoisotopic (exact) mass is 271 g/mol. The molecular weight excluding hydrogens is 262 g/mol. The van der Waals surface area contributed by atoms with Gasteiger partial charge in [-0.2, -0.15) is 5.26 Å². The van der Waals surface area contributed by atoms with Gasteiger partial charge in [0.1, 0.15) is 11.9 Å². The van der Waals surface area contributed by atoms with E-state index < -0.39 is 9.84 Å². The Balaban J connectivity index is 2.05. The summed E-state index contributed by atoms with van der Waals surface area (Å²) in [7, 11) is -2.89. The largest absolute Gasteiger partial charge is 0.487 e. The highest BCUT2D eigenvalue weighted by molar-refractivity contribution is 7.92. The third-order valence-corrected chi connectivity index (χ3v) is 4.51. The highest BCUT2D eigenvalue weighted by Gasteiger charge is 2.35. The number of sulfone groups is 1. The Morgan fingerprint density at radius 1 is 1.47 bits per heavy atom. The summed E-state index contributed by atoms with van der Waals surface area (Å²) in [5.74, 6) is 0.556. The molecule has 1 fully saturated rings. The van der Waals surface area contributed by atoms with Gasteiger partial charge in [0.25, 0.3) is 0 Å². The number of halogens is 1. The number of ether oxygens (including phenoxy) is 1. The molecular formula is C11H10ClNO3S. The summed E-state index contributed by atoms with van der Waals surface area (Å²) >= 11 is 5.98. The Labute approximate surface area is 105 Å². The first-order valence-electron chi connectivity index (χ1n) is 5.02. The molecule has 90 valence electrons. The predicted octanol–water partition coefficient (Wildman–Crippen LogP) is 1.58. The third-order valence-electron chi connectivity index (χ3n) is 2.45. The van der Waals surface area contributed by atoms with E-state index >= 15 is 0 Å². The van der Waals surface area contributed by atoms with E-state index in [0.717, 1.165) is 5.56 Å². The summed E-state index contributed by atoms with van der Waals surface area (Å²) in [6, 6.07) is 7.10. The van der Waals surface area contributed by atoms with Crippen molar-refractivity contribution in [2.45, 2.75) is 12.5 Å². The molecule has 0 spiro atoms. The van der Waals surface area contributed by atoms with E-state index in [4.69, 9.17) is 21.6 Å². The molecule has 1 heterocycles. The van der Waals surface area contributed by atoms with Crippen molar-refractivity contribution >= 4 is 21.4 Å². The fourth-order valence-corrected chi connectivity index (χ4v) is 3.03. The van der Waals surface area contributed by atoms with Gasteiger partial charge < -0.3 is 4.74 Å². The maximum absolute atomic E-state index is 11.0. The lowest BCUT2D eigenvalue weighted by Gasteiger charge is -2.26. The van der Waals surface area contributed by atoms with Gasteiger partial charge in [0.15, 0.2) is 9.84 Å². The first-order valence-corrected chi connectivity index (χ1v) is 7.22. The van der Waals surface area contributed by atoms with Gasteiger partial charge in [-0.05, 0) is 17.7 Å². The maximum atomic E-state index is 11.0. The van der Waals surface area contributed by atoms with E-state index in [1.165, 1.54) is 0 Å². The molecule has 0 saturated carbocycles. The van der Waals surface area contributed by atoms with Crippen LogP contribution in [0.3, 0.4) is 0 Å². The van der Waals surface area contributed by atoms with Crippen molar-refractivity contribution in [2.24, 2.45) is 0 Å². The molecule has 0 unspecified atom stereocenters. The number of hydrogen-bond acceptors (Lipinski definition) is 4. The summed E-state index contributed by atoms with van der Waals surface area (Å²) in [5, 5.41) is 8.94. The highest BCUT2D eigenvalue weighted by atomic mass is 35.5. The zero-order valence-corrected chi connectivity index (χ0v) is 10.5. The van der Waals surface area contributed by atoms with Crippen LogP contribution in [0.1, 0.15) is 5.56 Å². The van der Waals surface area contributed by atoms with E-state index in [0.29, 0.717) is 10.8 Å². The molecule has 1 aliphatic rings. The van der Waals surface area contributed by atoms with Crippen LogP contribution in [0, 0.1) is 11.3 Å². The second-order valence-electron chi connectivity index (χ2n) is 3.92. The molecule has 1 aromatic carbocycles. The Hall–Kier alpha value is -1.25. The van der Waals surface area contributed by atoms with Gasteiger partial charge in [-0.1, -0.05) is 17.7 Å². The van der Waals surface area contributed by atoms with Crippen molar-refractivity contribution in [3.63, 3.8) is 0 Å². The van der Waals surface area contributed by atoms with E-state index in [-0.39, 0.29) is 24.0 Å². The lowest BCUT2D eigenvalue weighted by molar-refractivity contribution is 0.230. The summed E-state index contributed by atoms with van der Waals surface area (Å²) in [4.78, 5) is 0. The molecule has 0 N–H and O–H groups in total. The van der Waals surface area contributed by atoms with E-state index in [1.807, 2.05) is 6.07 Å². The van der Waals surface area contributed by atoms with Crippen LogP contribution in [0.15, 0.2) is 18.2 Å². The fraction of sp³-hybridized carbons (Fsp3) is 0.364. The zero-order chi connectivity index (χ0) is 12.5. The van der Waals surface area contributed by atoms with Crippen LogP contribution in [0.2, 0.25) is 5.02 Å². The summed E-state index contributed by atoms with van der Waals surface area (Å²) in [5.41, 5.74) is 0.811. The number of benzene rings is 1. The minimum Gasteiger partial charge on any atom is -0.487 e. The Kier molecular flexibility index (Phi) is 3.27. The predicted molar refractivity (Wildman–Crippen MR) is 63.8 cm³/mol. The Bertz CT molecular complexity index is 565. The van der Waals surface area contributed by atoms with Crippen LogP contribution >= 0.6 is 11.6 Å². The van der Waals surface area contributed by atoms with Gasteiger partial charge in [0.2, 0.25) is 0 Å². The van der Waals surface area contributed by atoms with Gasteiger partial charge in [0, 0.05) is 0 Å². The topological polar surface area (TPSA) is 67.2 Å². The van der Waals surface area contributed by atoms with E-state index in [1.54, 1.807) is 18.2 Å². The van der Waals surface area contributed by atoms with Gasteiger partial charge in [0.05, 0.1) is 29.0 Å². The summed E-state index contributed by atoms with van der Waals surface area (Å²) < 4.78 is 27.4. The highest BCUT2D eigenvalue weighted by Crippen LogP contribution is 2.28. The molecule has 0 aliphatic carbocycles. The first-order chi connectivity index (χ1) is 8.00. The molecule has 0 aromatic heterocycles. The summed E-state index contributed by atoms with van der Waals surface area (Å²) in [6.45, 7) is 0. The normalized spacial score (nSPS) is 18.1. The van der Waals surface area contributed by atoms with Crippen LogP contribution in [0.5, 0.6) is 5.75 Å². The van der Waals surface area contributed by atoms with Crippen molar-refractivity contribution in [2.75, 3.05) is 11.5 Å². The van der Waals surface area contributed by atoms with Gasteiger partial charge in [-0.15, -0.1) is 0 Å². The van der Waals surface area contributed by atoms with Gasteiger partial charge in [-0.3, -0.25) is 0 Å². The summed E-state index contributed by atoms with van der Waals surface area (Å²) in [6.07, 6.45) is -0.0167. The molecule has 1 saturated heterocycles. The number of nitriles is 1. The van der Waals surface area contributed by atoms with Crippen LogP contribution in [0.25, 0.3) is 0 Å². The molecule has 4 nitrogen and oxygen atoms in total. The maximum Gasteiger partial charge on any atom is 0.157 e. The molecule has 6 heteroatoms. The Morgan fingerprint density at radius 3 is 2.71 bits per heavy atom. The van der Waals surface area contributed by atoms with Crippen molar-refractivity contribution in [1.29, 1.82) is 5.26 Å². The average molecular weight is 272 g/mol. The average Bonchev–Trinajstić information content (AvgIpc) is 2.19. The van der Waals surface area contributed by atoms with Gasteiger partial charge >= 0.3 is 0 Å². The zero-order valence-electron chi connectivity index (χ0n) is 8.89. The Morgan fingerprint density at radius 2 is 2.18 bits per heavy atom. The third kappa shape index (κ3) is 2.90. The fourth-order valence-electron chi connectivity index (χ4n) is 1.61. The first kappa shape index (κ1) is 12.2. The standard InChI is InChI=1S/C11H10ClNO3S/c12-10-5-8(3-4-13)1-2-11(10)16-9-6-17(14,15)7-9/h1-2,5,9H,3,6-7H2. The lowest BCUT2D eigenvalue weighted by Crippen LogP contribution is -2.45. The quantitative estimate of drug-likeness (QED) is 0.837. The number of rotatable bonds is 3. The molecule has 2 rings (SSSR count). The van der Waals surface area contributed by atoms with Gasteiger partial charge in [-0.25, -0.2) is 8.42 Å². The molecule has 17 heavy (non-hydrogen) atoms. The lowest BCUT2D eigenvalue weighted by atomic mass is 10.1. The molecule has 0 radical (unpaired) electrons. The number of nitrogens with zero attached hydrogens (tertiary/aromatic N) is 1. The second kappa shape index (κ2) is 4.55. The van der Waals surface area contributed by atoms with Crippen molar-refractivity contribution in [3.8, 4) is 11.8 Å². The molecule has 1 aliphatic heterocycles. The smallest absolute Gasteiger partial charge is 0.157 e. The number of hydrogen-bond donors (Lipinski definition) is 0. The van der Waals surface area contributed by atoms with Crippen LogP contribution in [-0.2, 0) is 16.3 Å². The van der Waals surface area contributed by atoms with E-state index in [9.17, 15) is 8.42 Å². The van der Waals surface area contributed by atoms with Crippen LogP contribution < -0.4 is 4.74 Å². The minimum atomic E-state index is -2.89. The molecule has 0 amide bonds. The SMILES string of the molecule is N#CCc1ccc(OC2CS(=O)(=O)C2)c(Cl)c1. The van der Waals surface area contributed by atoms with Crippen LogP contribution in [-0.4, -0.2) is 26.0 Å². The van der Waals surface area contributed by atoms with Crippen LogP contribution in [0.4, 0.5) is 0 Å². The molecule has 0 bridgehead atoms. The van der Waals surface area contributed by atoms with Crippen molar-refractivity contribution in [3.05, 3.63) is 28.8 Å². The molecule has 0 atom stereocenters. The second-order valence-corrected chi connectivity index (χ2v) is 6.48. The molecule has 1 aromatic rings. The van der Waals surface area contributed by atoms with Crippen molar-refractivity contribution in [1.82, 2.24) is 0 Å².